The highest BCUT2D eigenvalue weighted by Gasteiger charge is 2.03. The maximum Gasteiger partial charge on any atom is 0.0910 e. The third-order valence-corrected chi connectivity index (χ3v) is 1.37. The monoisotopic (exact) mass is 158 g/mol. The number of rotatable bonds is 5. The molecule has 0 aliphatic rings. The van der Waals surface area contributed by atoms with Crippen molar-refractivity contribution in [1.82, 2.24) is 0 Å². The van der Waals surface area contributed by atoms with Crippen LogP contribution < -0.4 is 5.73 Å². The minimum absolute atomic E-state index is 0.245. The van der Waals surface area contributed by atoms with Crippen LogP contribution >= 0.6 is 0 Å². The van der Waals surface area contributed by atoms with Crippen LogP contribution in [0.2, 0.25) is 0 Å². The van der Waals surface area contributed by atoms with E-state index in [2.05, 4.69) is 11.9 Å². The highest BCUT2D eigenvalue weighted by molar-refractivity contribution is 5.77. The standard InChI is InChI=1S/C8H18N2O/c1-4-5-8(6-11-3)10-7(2)9/h8H,4-6H2,1-3H3,(H2,9,10). The zero-order chi connectivity index (χ0) is 8.69. The van der Waals surface area contributed by atoms with Crippen molar-refractivity contribution in [3.63, 3.8) is 0 Å². The SMILES string of the molecule is CCCC(COC)N=C(C)N. The molecule has 1 atom stereocenters. The maximum absolute atomic E-state index is 5.45. The van der Waals surface area contributed by atoms with E-state index in [4.69, 9.17) is 10.5 Å². The summed E-state index contributed by atoms with van der Waals surface area (Å²) in [5.41, 5.74) is 5.45. The summed E-state index contributed by atoms with van der Waals surface area (Å²) in [6.07, 6.45) is 2.16. The fourth-order valence-corrected chi connectivity index (χ4v) is 0.999. The van der Waals surface area contributed by atoms with Crippen LogP contribution in [-0.4, -0.2) is 25.6 Å². The molecule has 1 unspecified atom stereocenters. The lowest BCUT2D eigenvalue weighted by Gasteiger charge is -2.09. The van der Waals surface area contributed by atoms with E-state index in [1.54, 1.807) is 14.0 Å². The van der Waals surface area contributed by atoms with Gasteiger partial charge in [0.15, 0.2) is 0 Å². The quantitative estimate of drug-likeness (QED) is 0.482. The summed E-state index contributed by atoms with van der Waals surface area (Å²) in [5, 5.41) is 0. The van der Waals surface area contributed by atoms with Crippen LogP contribution in [0.25, 0.3) is 0 Å². The van der Waals surface area contributed by atoms with Crippen molar-refractivity contribution in [2.45, 2.75) is 32.7 Å². The average Bonchev–Trinajstić information content (AvgIpc) is 1.87. The van der Waals surface area contributed by atoms with Crippen LogP contribution in [0.5, 0.6) is 0 Å². The molecule has 2 N–H and O–H groups in total. The Balaban J connectivity index is 3.78. The number of methoxy groups -OCH3 is 1. The molecule has 0 fully saturated rings. The number of nitrogens with two attached hydrogens (primary N) is 1. The van der Waals surface area contributed by atoms with Gasteiger partial charge in [-0.1, -0.05) is 13.3 Å². The second-order valence-corrected chi connectivity index (χ2v) is 2.67. The topological polar surface area (TPSA) is 47.6 Å². The summed E-state index contributed by atoms with van der Waals surface area (Å²) in [6.45, 7) is 4.60. The van der Waals surface area contributed by atoms with Crippen LogP contribution in [0.4, 0.5) is 0 Å². The second kappa shape index (κ2) is 6.16. The minimum Gasteiger partial charge on any atom is -0.388 e. The number of amidine groups is 1. The summed E-state index contributed by atoms with van der Waals surface area (Å²) in [6, 6.07) is 0.245. The third kappa shape index (κ3) is 5.85. The van der Waals surface area contributed by atoms with Gasteiger partial charge < -0.3 is 10.5 Å². The van der Waals surface area contributed by atoms with Gasteiger partial charge in [0.2, 0.25) is 0 Å². The summed E-state index contributed by atoms with van der Waals surface area (Å²) in [7, 11) is 1.68. The Labute approximate surface area is 68.6 Å². The van der Waals surface area contributed by atoms with Gasteiger partial charge in [-0.2, -0.15) is 0 Å². The van der Waals surface area contributed by atoms with Gasteiger partial charge in [-0.3, -0.25) is 4.99 Å². The first kappa shape index (κ1) is 10.4. The molecule has 0 saturated carbocycles. The molecule has 0 heterocycles. The number of hydrogen-bond acceptors (Lipinski definition) is 2. The van der Waals surface area contributed by atoms with Gasteiger partial charge in [-0.05, 0) is 13.3 Å². The van der Waals surface area contributed by atoms with Gasteiger partial charge in [0, 0.05) is 7.11 Å². The van der Waals surface area contributed by atoms with Crippen molar-refractivity contribution in [3.05, 3.63) is 0 Å². The molecule has 11 heavy (non-hydrogen) atoms. The Morgan fingerprint density at radius 1 is 1.64 bits per heavy atom. The molecule has 0 radical (unpaired) electrons. The molecule has 3 nitrogen and oxygen atoms in total. The fourth-order valence-electron chi connectivity index (χ4n) is 0.999. The predicted octanol–water partition coefficient (Wildman–Crippen LogP) is 1.18. The smallest absolute Gasteiger partial charge is 0.0910 e. The normalized spacial score (nSPS) is 15.0. The minimum atomic E-state index is 0.245. The highest BCUT2D eigenvalue weighted by atomic mass is 16.5. The van der Waals surface area contributed by atoms with Crippen LogP contribution in [0.15, 0.2) is 4.99 Å². The lowest BCUT2D eigenvalue weighted by atomic mass is 10.2. The van der Waals surface area contributed by atoms with Gasteiger partial charge >= 0.3 is 0 Å². The molecule has 0 rings (SSSR count). The predicted molar refractivity (Wildman–Crippen MR) is 47.9 cm³/mol. The molecule has 0 aromatic rings. The van der Waals surface area contributed by atoms with Crippen molar-refractivity contribution in [2.24, 2.45) is 10.7 Å². The fraction of sp³-hybridized carbons (Fsp3) is 0.875. The second-order valence-electron chi connectivity index (χ2n) is 2.67. The van der Waals surface area contributed by atoms with Crippen molar-refractivity contribution in [3.8, 4) is 0 Å². The van der Waals surface area contributed by atoms with E-state index in [0.29, 0.717) is 12.4 Å². The van der Waals surface area contributed by atoms with Crippen molar-refractivity contribution in [1.29, 1.82) is 0 Å². The zero-order valence-corrected chi connectivity index (χ0v) is 7.63. The van der Waals surface area contributed by atoms with E-state index in [-0.39, 0.29) is 6.04 Å². The Kier molecular flexibility index (Phi) is 5.84. The van der Waals surface area contributed by atoms with Crippen molar-refractivity contribution >= 4 is 5.84 Å². The number of aliphatic imine (C=N–C) groups is 1. The molecule has 0 spiro atoms. The summed E-state index contributed by atoms with van der Waals surface area (Å²) < 4.78 is 4.99. The van der Waals surface area contributed by atoms with Gasteiger partial charge in [0.25, 0.3) is 0 Å². The first-order valence-corrected chi connectivity index (χ1v) is 3.99. The van der Waals surface area contributed by atoms with E-state index in [0.717, 1.165) is 12.8 Å². The first-order valence-electron chi connectivity index (χ1n) is 3.99. The summed E-state index contributed by atoms with van der Waals surface area (Å²) in [4.78, 5) is 4.23. The molecular weight excluding hydrogens is 140 g/mol. The van der Waals surface area contributed by atoms with E-state index < -0.39 is 0 Å². The molecular formula is C8H18N2O. The van der Waals surface area contributed by atoms with Crippen molar-refractivity contribution in [2.75, 3.05) is 13.7 Å². The molecule has 66 valence electrons. The average molecular weight is 158 g/mol. The van der Waals surface area contributed by atoms with Gasteiger partial charge in [-0.25, -0.2) is 0 Å². The molecule has 0 aliphatic carbocycles. The molecule has 3 heteroatoms. The summed E-state index contributed by atoms with van der Waals surface area (Å²) in [5.74, 6) is 0.639. The van der Waals surface area contributed by atoms with Crippen molar-refractivity contribution < 1.29 is 4.74 Å². The zero-order valence-electron chi connectivity index (χ0n) is 7.63. The van der Waals surface area contributed by atoms with Gasteiger partial charge in [-0.15, -0.1) is 0 Å². The molecule has 0 amide bonds. The van der Waals surface area contributed by atoms with E-state index in [9.17, 15) is 0 Å². The Morgan fingerprint density at radius 3 is 2.64 bits per heavy atom. The number of nitrogens with zero attached hydrogens (tertiary/aromatic N) is 1. The first-order chi connectivity index (χ1) is 5.20. The van der Waals surface area contributed by atoms with Crippen LogP contribution in [-0.2, 0) is 4.74 Å². The number of hydrogen-bond donors (Lipinski definition) is 1. The molecule has 0 aliphatic heterocycles. The van der Waals surface area contributed by atoms with Gasteiger partial charge in [0.1, 0.15) is 0 Å². The Morgan fingerprint density at radius 2 is 2.27 bits per heavy atom. The molecule has 0 saturated heterocycles. The lowest BCUT2D eigenvalue weighted by Crippen LogP contribution is -2.17. The van der Waals surface area contributed by atoms with E-state index >= 15 is 0 Å². The van der Waals surface area contributed by atoms with E-state index in [1.807, 2.05) is 0 Å². The summed E-state index contributed by atoms with van der Waals surface area (Å²) >= 11 is 0. The van der Waals surface area contributed by atoms with E-state index in [1.165, 1.54) is 0 Å². The van der Waals surface area contributed by atoms with Crippen LogP contribution in [0.3, 0.4) is 0 Å². The van der Waals surface area contributed by atoms with Crippen LogP contribution in [0.1, 0.15) is 26.7 Å². The highest BCUT2D eigenvalue weighted by Crippen LogP contribution is 2.01. The molecule has 0 bridgehead atoms. The largest absolute Gasteiger partial charge is 0.388 e. The lowest BCUT2D eigenvalue weighted by molar-refractivity contribution is 0.177. The van der Waals surface area contributed by atoms with Gasteiger partial charge in [0.05, 0.1) is 18.5 Å². The molecule has 0 aromatic carbocycles. The molecule has 0 aromatic heterocycles. The Bertz CT molecular complexity index is 113. The Hall–Kier alpha value is -0.570. The third-order valence-electron chi connectivity index (χ3n) is 1.37. The van der Waals surface area contributed by atoms with Crippen LogP contribution in [0, 0.1) is 0 Å². The number of ether oxygens (including phenoxy) is 1. The maximum atomic E-state index is 5.45.